The van der Waals surface area contributed by atoms with Crippen molar-refractivity contribution in [3.05, 3.63) is 42.6 Å². The summed E-state index contributed by atoms with van der Waals surface area (Å²) in [6.45, 7) is -2.09. The van der Waals surface area contributed by atoms with Crippen LogP contribution in [0.15, 0.2) is 42.6 Å². The molecule has 0 aliphatic carbocycles. The van der Waals surface area contributed by atoms with E-state index in [2.05, 4.69) is 14.9 Å². The molecule has 2 aromatic carbocycles. The number of anilines is 1. The van der Waals surface area contributed by atoms with Gasteiger partial charge in [-0.15, -0.1) is 0 Å². The SMILES string of the molecule is CB(O)c1ccc(OC(F)F)c(-c2ccc3c(N)cnnc3c2)c1. The maximum absolute atomic E-state index is 12.7. The Labute approximate surface area is 137 Å². The molecule has 3 N–H and O–H groups in total. The molecule has 24 heavy (non-hydrogen) atoms. The average molecular weight is 329 g/mol. The first-order valence-electron chi connectivity index (χ1n) is 7.24. The lowest BCUT2D eigenvalue weighted by molar-refractivity contribution is -0.0494. The second kappa shape index (κ2) is 6.41. The summed E-state index contributed by atoms with van der Waals surface area (Å²) in [6.07, 6.45) is 1.45. The lowest BCUT2D eigenvalue weighted by Crippen LogP contribution is -2.26. The summed E-state index contributed by atoms with van der Waals surface area (Å²) in [5.74, 6) is 0.0191. The largest absolute Gasteiger partial charge is 0.447 e. The van der Waals surface area contributed by atoms with Gasteiger partial charge in [0, 0.05) is 10.9 Å². The summed E-state index contributed by atoms with van der Waals surface area (Å²) in [4.78, 5) is 0. The fourth-order valence-corrected chi connectivity index (χ4v) is 2.48. The van der Waals surface area contributed by atoms with Gasteiger partial charge in [0.25, 0.3) is 0 Å². The minimum Gasteiger partial charge on any atom is -0.447 e. The van der Waals surface area contributed by atoms with E-state index in [1.165, 1.54) is 12.3 Å². The van der Waals surface area contributed by atoms with Gasteiger partial charge in [0.1, 0.15) is 5.75 Å². The molecule has 0 aliphatic heterocycles. The maximum atomic E-state index is 12.7. The van der Waals surface area contributed by atoms with Crippen molar-refractivity contribution in [1.29, 1.82) is 0 Å². The van der Waals surface area contributed by atoms with Crippen LogP contribution >= 0.6 is 0 Å². The van der Waals surface area contributed by atoms with Crippen LogP contribution < -0.4 is 15.9 Å². The first-order valence-corrected chi connectivity index (χ1v) is 7.24. The number of nitrogen functional groups attached to an aromatic ring is 1. The maximum Gasteiger partial charge on any atom is 0.387 e. The van der Waals surface area contributed by atoms with Crippen LogP contribution in [0.25, 0.3) is 22.0 Å². The Bertz CT molecular complexity index is 890. The molecule has 1 aromatic heterocycles. The number of fused-ring (bicyclic) bond motifs is 1. The van der Waals surface area contributed by atoms with Gasteiger partial charge < -0.3 is 15.5 Å². The zero-order chi connectivity index (χ0) is 17.3. The molecule has 0 spiro atoms. The highest BCUT2D eigenvalue weighted by Crippen LogP contribution is 2.32. The molecular weight excluding hydrogens is 315 g/mol. The zero-order valence-electron chi connectivity index (χ0n) is 12.8. The second-order valence-electron chi connectivity index (χ2n) is 5.34. The molecule has 3 aromatic rings. The zero-order valence-corrected chi connectivity index (χ0v) is 12.8. The summed E-state index contributed by atoms with van der Waals surface area (Å²) >= 11 is 0. The molecule has 0 aliphatic rings. The standard InChI is InChI=1S/C16H14BF2N3O2/c1-17(23)10-3-5-15(24-16(18)19)12(7-10)9-2-4-11-13(20)8-21-22-14(11)6-9/h2-8,16,23H,1H3,(H2,20,22). The fraction of sp³-hybridized carbons (Fsp3) is 0.125. The molecule has 0 fully saturated rings. The third kappa shape index (κ3) is 3.14. The van der Waals surface area contributed by atoms with Crippen molar-refractivity contribution in [2.24, 2.45) is 0 Å². The van der Waals surface area contributed by atoms with E-state index >= 15 is 0 Å². The molecule has 5 nitrogen and oxygen atoms in total. The summed E-state index contributed by atoms with van der Waals surface area (Å²) in [7, 11) is 0. The summed E-state index contributed by atoms with van der Waals surface area (Å²) in [6, 6.07) is 9.75. The van der Waals surface area contributed by atoms with Gasteiger partial charge in [-0.25, -0.2) is 0 Å². The van der Waals surface area contributed by atoms with Crippen LogP contribution in [0.1, 0.15) is 0 Å². The summed E-state index contributed by atoms with van der Waals surface area (Å²) in [5, 5.41) is 18.3. The van der Waals surface area contributed by atoms with E-state index in [4.69, 9.17) is 5.73 Å². The minimum atomic E-state index is -2.95. The lowest BCUT2D eigenvalue weighted by atomic mass is 9.64. The topological polar surface area (TPSA) is 81.3 Å². The Morgan fingerprint density at radius 2 is 2.00 bits per heavy atom. The molecule has 0 unspecified atom stereocenters. The number of nitrogens with two attached hydrogens (primary N) is 1. The monoisotopic (exact) mass is 329 g/mol. The highest BCUT2D eigenvalue weighted by Gasteiger charge is 2.16. The molecule has 0 radical (unpaired) electrons. The normalized spacial score (nSPS) is 11.0. The van der Waals surface area contributed by atoms with Crippen molar-refractivity contribution in [3.8, 4) is 16.9 Å². The van der Waals surface area contributed by atoms with E-state index in [0.717, 1.165) is 5.39 Å². The van der Waals surface area contributed by atoms with E-state index in [9.17, 15) is 13.8 Å². The van der Waals surface area contributed by atoms with Crippen molar-refractivity contribution in [2.45, 2.75) is 13.4 Å². The van der Waals surface area contributed by atoms with Crippen LogP contribution in [-0.2, 0) is 0 Å². The number of nitrogens with zero attached hydrogens (tertiary/aromatic N) is 2. The Balaban J connectivity index is 2.17. The Hall–Kier alpha value is -2.74. The smallest absolute Gasteiger partial charge is 0.387 e. The quantitative estimate of drug-likeness (QED) is 0.718. The van der Waals surface area contributed by atoms with Gasteiger partial charge in [-0.3, -0.25) is 0 Å². The van der Waals surface area contributed by atoms with E-state index in [1.54, 1.807) is 37.2 Å². The van der Waals surface area contributed by atoms with Gasteiger partial charge in [0.05, 0.1) is 17.4 Å². The predicted octanol–water partition coefficient (Wildman–Crippen LogP) is 2.30. The molecular formula is C16H14BF2N3O2. The van der Waals surface area contributed by atoms with Gasteiger partial charge in [0.2, 0.25) is 0 Å². The second-order valence-corrected chi connectivity index (χ2v) is 5.34. The highest BCUT2D eigenvalue weighted by atomic mass is 19.3. The van der Waals surface area contributed by atoms with Crippen LogP contribution in [0.4, 0.5) is 14.5 Å². The third-order valence-corrected chi connectivity index (χ3v) is 3.68. The van der Waals surface area contributed by atoms with Gasteiger partial charge in [0.15, 0.2) is 0 Å². The van der Waals surface area contributed by atoms with Crippen LogP contribution in [-0.4, -0.2) is 28.7 Å². The number of ether oxygens (including phenoxy) is 1. The van der Waals surface area contributed by atoms with E-state index < -0.39 is 13.5 Å². The molecule has 8 heteroatoms. The van der Waals surface area contributed by atoms with Gasteiger partial charge in [-0.1, -0.05) is 25.0 Å². The molecule has 122 valence electrons. The van der Waals surface area contributed by atoms with E-state index in [1.807, 2.05) is 0 Å². The average Bonchev–Trinajstić information content (AvgIpc) is 2.54. The van der Waals surface area contributed by atoms with Crippen molar-refractivity contribution >= 4 is 29.0 Å². The number of alkyl halides is 2. The minimum absolute atomic E-state index is 0.0191. The Morgan fingerprint density at radius 3 is 2.71 bits per heavy atom. The van der Waals surface area contributed by atoms with Crippen molar-refractivity contribution in [3.63, 3.8) is 0 Å². The van der Waals surface area contributed by atoms with Crippen LogP contribution in [0.3, 0.4) is 0 Å². The predicted molar refractivity (Wildman–Crippen MR) is 89.5 cm³/mol. The molecule has 0 saturated carbocycles. The first-order chi connectivity index (χ1) is 11.5. The fourth-order valence-electron chi connectivity index (χ4n) is 2.48. The first kappa shape index (κ1) is 16.1. The molecule has 1 heterocycles. The molecule has 0 atom stereocenters. The molecule has 3 rings (SSSR count). The summed E-state index contributed by atoms with van der Waals surface area (Å²) < 4.78 is 29.9. The number of hydrogen-bond acceptors (Lipinski definition) is 5. The Morgan fingerprint density at radius 1 is 1.21 bits per heavy atom. The van der Waals surface area contributed by atoms with Gasteiger partial charge in [-0.2, -0.15) is 19.0 Å². The van der Waals surface area contributed by atoms with Crippen LogP contribution in [0.5, 0.6) is 5.75 Å². The van der Waals surface area contributed by atoms with E-state index in [-0.39, 0.29) is 5.75 Å². The van der Waals surface area contributed by atoms with Gasteiger partial charge in [-0.05, 0) is 29.2 Å². The van der Waals surface area contributed by atoms with Crippen molar-refractivity contribution in [1.82, 2.24) is 10.2 Å². The Kier molecular flexibility index (Phi) is 4.31. The number of rotatable bonds is 4. The van der Waals surface area contributed by atoms with Gasteiger partial charge >= 0.3 is 13.5 Å². The van der Waals surface area contributed by atoms with Crippen LogP contribution in [0, 0.1) is 0 Å². The third-order valence-electron chi connectivity index (χ3n) is 3.68. The van der Waals surface area contributed by atoms with Crippen molar-refractivity contribution < 1.29 is 18.5 Å². The molecule has 0 amide bonds. The number of aromatic nitrogens is 2. The van der Waals surface area contributed by atoms with Crippen molar-refractivity contribution in [2.75, 3.05) is 5.73 Å². The number of halogens is 2. The molecule has 0 saturated heterocycles. The highest BCUT2D eigenvalue weighted by molar-refractivity contribution is 6.64. The molecule has 0 bridgehead atoms. The lowest BCUT2D eigenvalue weighted by Gasteiger charge is -2.14. The van der Waals surface area contributed by atoms with Crippen LogP contribution in [0.2, 0.25) is 6.82 Å². The number of hydrogen-bond donors (Lipinski definition) is 2. The number of benzene rings is 2. The van der Waals surface area contributed by atoms with E-state index in [0.29, 0.717) is 27.8 Å². The summed E-state index contributed by atoms with van der Waals surface area (Å²) in [5.41, 5.74) is 8.50.